The van der Waals surface area contributed by atoms with Crippen molar-refractivity contribution in [2.45, 2.75) is 19.0 Å². The van der Waals surface area contributed by atoms with Gasteiger partial charge in [-0.05, 0) is 23.4 Å². The number of rotatable bonds is 4. The van der Waals surface area contributed by atoms with E-state index in [1.165, 1.54) is 10.4 Å². The molecule has 22 heavy (non-hydrogen) atoms. The van der Waals surface area contributed by atoms with Gasteiger partial charge in [0.2, 0.25) is 5.91 Å². The molecule has 1 unspecified atom stereocenters. The molecule has 3 heterocycles. The van der Waals surface area contributed by atoms with Crippen LogP contribution in [0.25, 0.3) is 0 Å². The summed E-state index contributed by atoms with van der Waals surface area (Å²) in [7, 11) is 0. The summed E-state index contributed by atoms with van der Waals surface area (Å²) in [6, 6.07) is 2.03. The van der Waals surface area contributed by atoms with Crippen molar-refractivity contribution in [2.24, 2.45) is 0 Å². The molecular weight excluding hydrogens is 345 g/mol. The standard InChI is InChI=1S/C14H21N3O2S.2ClH/c18-14(12-10-19-7-4-15-12)16-3-6-17-5-1-13-11(9-17)2-8-20-13;;/h2,8,12,15H,1,3-7,9-10H2,(H,16,18);2*1H. The van der Waals surface area contributed by atoms with Crippen LogP contribution in [0.1, 0.15) is 10.4 Å². The summed E-state index contributed by atoms with van der Waals surface area (Å²) in [4.78, 5) is 15.9. The fourth-order valence-corrected chi connectivity index (χ4v) is 3.58. The number of thiophene rings is 1. The molecule has 2 aliphatic rings. The highest BCUT2D eigenvalue weighted by Gasteiger charge is 2.21. The third kappa shape index (κ3) is 5.08. The zero-order chi connectivity index (χ0) is 13.8. The lowest BCUT2D eigenvalue weighted by molar-refractivity contribution is -0.125. The molecule has 2 N–H and O–H groups in total. The van der Waals surface area contributed by atoms with Gasteiger partial charge in [-0.25, -0.2) is 0 Å². The number of carbonyl (C=O) groups is 1. The Morgan fingerprint density at radius 1 is 1.50 bits per heavy atom. The average molecular weight is 368 g/mol. The number of amides is 1. The van der Waals surface area contributed by atoms with Crippen LogP contribution in [0.2, 0.25) is 0 Å². The van der Waals surface area contributed by atoms with Gasteiger partial charge in [-0.15, -0.1) is 36.2 Å². The van der Waals surface area contributed by atoms with Gasteiger partial charge in [-0.3, -0.25) is 9.69 Å². The Hall–Kier alpha value is -0.370. The summed E-state index contributed by atoms with van der Waals surface area (Å²) in [5.74, 6) is 0.0536. The number of nitrogens with zero attached hydrogens (tertiary/aromatic N) is 1. The van der Waals surface area contributed by atoms with Gasteiger partial charge in [-0.2, -0.15) is 0 Å². The highest BCUT2D eigenvalue weighted by atomic mass is 35.5. The molecule has 0 spiro atoms. The Bertz CT molecular complexity index is 467. The molecule has 0 aromatic carbocycles. The molecule has 0 radical (unpaired) electrons. The van der Waals surface area contributed by atoms with Gasteiger partial charge >= 0.3 is 0 Å². The van der Waals surface area contributed by atoms with Crippen molar-refractivity contribution in [1.82, 2.24) is 15.5 Å². The maximum Gasteiger partial charge on any atom is 0.239 e. The normalized spacial score (nSPS) is 21.2. The quantitative estimate of drug-likeness (QED) is 0.835. The molecular formula is C14H23Cl2N3O2S. The Labute approximate surface area is 147 Å². The number of carbonyl (C=O) groups excluding carboxylic acids is 1. The molecule has 0 aliphatic carbocycles. The minimum Gasteiger partial charge on any atom is -0.378 e. The van der Waals surface area contributed by atoms with Gasteiger partial charge in [-0.1, -0.05) is 0 Å². The van der Waals surface area contributed by atoms with Crippen molar-refractivity contribution in [3.63, 3.8) is 0 Å². The second-order valence-corrected chi connectivity index (χ2v) is 6.27. The van der Waals surface area contributed by atoms with E-state index in [2.05, 4.69) is 27.0 Å². The zero-order valence-corrected chi connectivity index (χ0v) is 14.8. The van der Waals surface area contributed by atoms with E-state index in [0.29, 0.717) is 19.8 Å². The van der Waals surface area contributed by atoms with Gasteiger partial charge in [0.15, 0.2) is 0 Å². The van der Waals surface area contributed by atoms with Gasteiger partial charge in [0.05, 0.1) is 13.2 Å². The molecule has 2 aliphatic heterocycles. The molecule has 1 fully saturated rings. The third-order valence-corrected chi connectivity index (χ3v) is 4.88. The summed E-state index contributed by atoms with van der Waals surface area (Å²) in [5, 5.41) is 8.34. The summed E-state index contributed by atoms with van der Waals surface area (Å²) in [6.07, 6.45) is 1.14. The lowest BCUT2D eigenvalue weighted by atomic mass is 10.1. The Morgan fingerprint density at radius 3 is 3.14 bits per heavy atom. The van der Waals surface area contributed by atoms with E-state index in [4.69, 9.17) is 4.74 Å². The maximum atomic E-state index is 11.9. The number of fused-ring (bicyclic) bond motifs is 1. The second kappa shape index (κ2) is 9.70. The third-order valence-electron chi connectivity index (χ3n) is 3.85. The van der Waals surface area contributed by atoms with Gasteiger partial charge < -0.3 is 15.4 Å². The van der Waals surface area contributed by atoms with Crippen molar-refractivity contribution >= 4 is 42.1 Å². The van der Waals surface area contributed by atoms with Crippen LogP contribution < -0.4 is 10.6 Å². The van der Waals surface area contributed by atoms with Gasteiger partial charge in [0.25, 0.3) is 0 Å². The lowest BCUT2D eigenvalue weighted by Crippen LogP contribution is -2.52. The molecule has 3 rings (SSSR count). The molecule has 0 saturated carbocycles. The second-order valence-electron chi connectivity index (χ2n) is 5.27. The monoisotopic (exact) mass is 367 g/mol. The van der Waals surface area contributed by atoms with E-state index < -0.39 is 0 Å². The topological polar surface area (TPSA) is 53.6 Å². The summed E-state index contributed by atoms with van der Waals surface area (Å²) in [6.45, 7) is 5.65. The van der Waals surface area contributed by atoms with Crippen LogP contribution in [0, 0.1) is 0 Å². The van der Waals surface area contributed by atoms with E-state index in [-0.39, 0.29) is 36.8 Å². The van der Waals surface area contributed by atoms with Crippen LogP contribution in [-0.4, -0.2) is 56.2 Å². The molecule has 1 aromatic rings. The number of morpholine rings is 1. The molecule has 1 saturated heterocycles. The van der Waals surface area contributed by atoms with Crippen molar-refractivity contribution < 1.29 is 9.53 Å². The number of ether oxygens (including phenoxy) is 1. The van der Waals surface area contributed by atoms with Crippen LogP contribution in [-0.2, 0) is 22.5 Å². The minimum absolute atomic E-state index is 0. The summed E-state index contributed by atoms with van der Waals surface area (Å²) < 4.78 is 5.30. The molecule has 1 aromatic heterocycles. The Balaban J connectivity index is 0.00000121. The average Bonchev–Trinajstić information content (AvgIpc) is 2.95. The first-order valence-corrected chi connectivity index (χ1v) is 8.07. The van der Waals surface area contributed by atoms with Crippen molar-refractivity contribution in [1.29, 1.82) is 0 Å². The van der Waals surface area contributed by atoms with Gasteiger partial charge in [0, 0.05) is 37.6 Å². The maximum absolute atomic E-state index is 11.9. The molecule has 0 bridgehead atoms. The van der Waals surface area contributed by atoms with Crippen LogP contribution in [0.5, 0.6) is 0 Å². The predicted molar refractivity (Wildman–Crippen MR) is 93.4 cm³/mol. The highest BCUT2D eigenvalue weighted by molar-refractivity contribution is 7.10. The van der Waals surface area contributed by atoms with Crippen LogP contribution in [0.4, 0.5) is 0 Å². The number of hydrogen-bond donors (Lipinski definition) is 2. The smallest absolute Gasteiger partial charge is 0.239 e. The van der Waals surface area contributed by atoms with Crippen molar-refractivity contribution in [2.75, 3.05) is 39.4 Å². The summed E-state index contributed by atoms with van der Waals surface area (Å²) in [5.41, 5.74) is 1.45. The Morgan fingerprint density at radius 2 is 2.36 bits per heavy atom. The molecule has 8 heteroatoms. The van der Waals surface area contributed by atoms with Gasteiger partial charge in [0.1, 0.15) is 6.04 Å². The fraction of sp³-hybridized carbons (Fsp3) is 0.643. The van der Waals surface area contributed by atoms with E-state index in [9.17, 15) is 4.79 Å². The molecule has 5 nitrogen and oxygen atoms in total. The first-order chi connectivity index (χ1) is 9.83. The minimum atomic E-state index is -0.186. The molecule has 1 atom stereocenters. The van der Waals surface area contributed by atoms with E-state index in [1.54, 1.807) is 0 Å². The summed E-state index contributed by atoms with van der Waals surface area (Å²) >= 11 is 1.86. The molecule has 1 amide bonds. The van der Waals surface area contributed by atoms with E-state index in [1.807, 2.05) is 11.3 Å². The predicted octanol–water partition coefficient (Wildman–Crippen LogP) is 1.05. The number of nitrogens with one attached hydrogen (secondary N) is 2. The van der Waals surface area contributed by atoms with Crippen molar-refractivity contribution in [3.8, 4) is 0 Å². The SMILES string of the molecule is Cl.Cl.O=C(NCCN1CCc2sccc2C1)C1COCCN1. The molecule has 126 valence electrons. The van der Waals surface area contributed by atoms with E-state index in [0.717, 1.165) is 32.6 Å². The van der Waals surface area contributed by atoms with Crippen LogP contribution >= 0.6 is 36.2 Å². The number of hydrogen-bond acceptors (Lipinski definition) is 5. The zero-order valence-electron chi connectivity index (χ0n) is 12.4. The van der Waals surface area contributed by atoms with Crippen LogP contribution in [0.15, 0.2) is 11.4 Å². The highest BCUT2D eigenvalue weighted by Crippen LogP contribution is 2.23. The van der Waals surface area contributed by atoms with Crippen molar-refractivity contribution in [3.05, 3.63) is 21.9 Å². The lowest BCUT2D eigenvalue weighted by Gasteiger charge is -2.27. The Kier molecular flexibility index (Phi) is 8.67. The van der Waals surface area contributed by atoms with Crippen LogP contribution in [0.3, 0.4) is 0 Å². The first-order valence-electron chi connectivity index (χ1n) is 7.19. The fourth-order valence-electron chi connectivity index (χ4n) is 2.69. The first kappa shape index (κ1) is 19.7. The van der Waals surface area contributed by atoms with E-state index >= 15 is 0 Å². The number of halogens is 2. The largest absolute Gasteiger partial charge is 0.378 e.